The Morgan fingerprint density at radius 1 is 1.13 bits per heavy atom. The molecule has 0 atom stereocenters. The highest BCUT2D eigenvalue weighted by atomic mass is 32.2. The van der Waals surface area contributed by atoms with Crippen molar-refractivity contribution in [2.75, 3.05) is 33.0 Å². The monoisotopic (exact) mass is 444 g/mol. The zero-order valence-electron chi connectivity index (χ0n) is 17.7. The molecule has 8 nitrogen and oxygen atoms in total. The normalized spacial score (nSPS) is 16.6. The molecule has 31 heavy (non-hydrogen) atoms. The third-order valence-electron chi connectivity index (χ3n) is 5.63. The molecule has 3 N–H and O–H groups in total. The number of benzene rings is 2. The van der Waals surface area contributed by atoms with Crippen LogP contribution in [0.3, 0.4) is 0 Å². The van der Waals surface area contributed by atoms with Gasteiger partial charge >= 0.3 is 0 Å². The van der Waals surface area contributed by atoms with Crippen LogP contribution < -0.4 is 15.8 Å². The summed E-state index contributed by atoms with van der Waals surface area (Å²) in [5, 5.41) is 3.07. The Morgan fingerprint density at radius 3 is 2.35 bits per heavy atom. The SMILES string of the molecule is COc1ccccc1C(=O)NCC1(c2ccccc2)CCN(C(N)=NS(C)(=O)=O)CC1. The Bertz CT molecular complexity index is 1050. The van der Waals surface area contributed by atoms with Crippen molar-refractivity contribution in [3.05, 3.63) is 65.7 Å². The summed E-state index contributed by atoms with van der Waals surface area (Å²) in [5.74, 6) is 0.323. The minimum Gasteiger partial charge on any atom is -0.496 e. The van der Waals surface area contributed by atoms with Crippen LogP contribution in [0.1, 0.15) is 28.8 Å². The number of hydrogen-bond acceptors (Lipinski definition) is 4. The Balaban J connectivity index is 1.79. The van der Waals surface area contributed by atoms with E-state index in [9.17, 15) is 13.2 Å². The number of nitrogens with zero attached hydrogens (tertiary/aromatic N) is 2. The number of methoxy groups -OCH3 is 1. The molecular weight excluding hydrogens is 416 g/mol. The number of para-hydroxylation sites is 1. The van der Waals surface area contributed by atoms with Gasteiger partial charge in [0.25, 0.3) is 15.9 Å². The van der Waals surface area contributed by atoms with Gasteiger partial charge in [0.15, 0.2) is 0 Å². The fourth-order valence-electron chi connectivity index (χ4n) is 3.93. The van der Waals surface area contributed by atoms with Crippen molar-refractivity contribution in [3.63, 3.8) is 0 Å². The zero-order chi connectivity index (χ0) is 22.5. The molecule has 0 aliphatic carbocycles. The van der Waals surface area contributed by atoms with Gasteiger partial charge in [-0.15, -0.1) is 4.40 Å². The van der Waals surface area contributed by atoms with Crippen molar-refractivity contribution in [1.29, 1.82) is 0 Å². The number of hydrogen-bond donors (Lipinski definition) is 2. The average molecular weight is 445 g/mol. The molecule has 0 spiro atoms. The Labute approximate surface area is 183 Å². The fraction of sp³-hybridized carbons (Fsp3) is 0.364. The van der Waals surface area contributed by atoms with Crippen LogP contribution in [-0.4, -0.2) is 58.2 Å². The number of guanidine groups is 1. The van der Waals surface area contributed by atoms with Gasteiger partial charge in [0.1, 0.15) is 5.75 Å². The van der Waals surface area contributed by atoms with Crippen LogP contribution in [0.15, 0.2) is 59.0 Å². The van der Waals surface area contributed by atoms with E-state index in [1.807, 2.05) is 24.3 Å². The highest BCUT2D eigenvalue weighted by Gasteiger charge is 2.37. The number of likely N-dealkylation sites (tertiary alicyclic amines) is 1. The second-order valence-corrected chi connectivity index (χ2v) is 9.35. The van der Waals surface area contributed by atoms with Crippen LogP contribution in [0.25, 0.3) is 0 Å². The number of nitrogens with one attached hydrogen (secondary N) is 1. The van der Waals surface area contributed by atoms with Crippen molar-refractivity contribution < 1.29 is 17.9 Å². The van der Waals surface area contributed by atoms with Crippen molar-refractivity contribution in [1.82, 2.24) is 10.2 Å². The fourth-order valence-corrected chi connectivity index (χ4v) is 4.38. The van der Waals surface area contributed by atoms with E-state index >= 15 is 0 Å². The van der Waals surface area contributed by atoms with E-state index in [2.05, 4.69) is 21.8 Å². The molecule has 1 saturated heterocycles. The summed E-state index contributed by atoms with van der Waals surface area (Å²) in [6, 6.07) is 17.1. The minimum atomic E-state index is -3.56. The van der Waals surface area contributed by atoms with E-state index in [-0.39, 0.29) is 17.3 Å². The first-order valence-electron chi connectivity index (χ1n) is 10.0. The van der Waals surface area contributed by atoms with Gasteiger partial charge in [0.05, 0.1) is 18.9 Å². The number of piperidine rings is 1. The van der Waals surface area contributed by atoms with Crippen LogP contribution in [0.4, 0.5) is 0 Å². The molecule has 2 aromatic rings. The van der Waals surface area contributed by atoms with Gasteiger partial charge in [-0.1, -0.05) is 42.5 Å². The van der Waals surface area contributed by atoms with Crippen LogP contribution in [-0.2, 0) is 15.4 Å². The Kier molecular flexibility index (Phi) is 6.84. The molecular formula is C22H28N4O4S. The molecule has 1 heterocycles. The topological polar surface area (TPSA) is 114 Å². The lowest BCUT2D eigenvalue weighted by Crippen LogP contribution is -2.52. The summed E-state index contributed by atoms with van der Waals surface area (Å²) in [4.78, 5) is 14.6. The summed E-state index contributed by atoms with van der Waals surface area (Å²) in [5.41, 5.74) is 7.20. The molecule has 0 saturated carbocycles. The molecule has 0 unspecified atom stereocenters. The summed E-state index contributed by atoms with van der Waals surface area (Å²) in [6.07, 6.45) is 2.39. The Hall–Kier alpha value is -3.07. The number of rotatable bonds is 6. The van der Waals surface area contributed by atoms with Crippen LogP contribution >= 0.6 is 0 Å². The lowest BCUT2D eigenvalue weighted by Gasteiger charge is -2.42. The van der Waals surface area contributed by atoms with E-state index in [0.29, 0.717) is 43.8 Å². The third kappa shape index (κ3) is 5.55. The molecule has 166 valence electrons. The zero-order valence-corrected chi connectivity index (χ0v) is 18.6. The molecule has 9 heteroatoms. The second-order valence-electron chi connectivity index (χ2n) is 7.70. The molecule has 1 fully saturated rings. The standard InChI is InChI=1S/C22H28N4O4S/c1-30-19-11-7-6-10-18(19)20(27)24-16-22(17-8-4-3-5-9-17)12-14-26(15-13-22)21(23)25-31(2,28)29/h3-11H,12-16H2,1-2H3,(H2,23,25)(H,24,27). The van der Waals surface area contributed by atoms with Gasteiger partial charge < -0.3 is 20.7 Å². The molecule has 1 aliphatic heterocycles. The number of ether oxygens (including phenoxy) is 1. The smallest absolute Gasteiger partial charge is 0.255 e. The first kappa shape index (κ1) is 22.6. The second kappa shape index (κ2) is 9.38. The number of carbonyl (C=O) groups excluding carboxylic acids is 1. The molecule has 0 bridgehead atoms. The molecule has 3 rings (SSSR count). The number of sulfonamides is 1. The van der Waals surface area contributed by atoms with Crippen molar-refractivity contribution in [3.8, 4) is 5.75 Å². The largest absolute Gasteiger partial charge is 0.496 e. The predicted molar refractivity (Wildman–Crippen MR) is 121 cm³/mol. The van der Waals surface area contributed by atoms with Crippen molar-refractivity contribution in [2.45, 2.75) is 18.3 Å². The first-order valence-corrected chi connectivity index (χ1v) is 11.9. The van der Waals surface area contributed by atoms with Crippen molar-refractivity contribution >= 4 is 21.9 Å². The highest BCUT2D eigenvalue weighted by Crippen LogP contribution is 2.35. The highest BCUT2D eigenvalue weighted by molar-refractivity contribution is 7.89. The van der Waals surface area contributed by atoms with E-state index in [1.54, 1.807) is 23.1 Å². The molecule has 0 aromatic heterocycles. The lowest BCUT2D eigenvalue weighted by molar-refractivity contribution is 0.0929. The maximum Gasteiger partial charge on any atom is 0.255 e. The van der Waals surface area contributed by atoms with Crippen LogP contribution in [0.5, 0.6) is 5.75 Å². The van der Waals surface area contributed by atoms with E-state index < -0.39 is 10.0 Å². The summed E-state index contributed by atoms with van der Waals surface area (Å²) >= 11 is 0. The Morgan fingerprint density at radius 2 is 1.74 bits per heavy atom. The number of nitrogens with two attached hydrogens (primary N) is 1. The molecule has 2 aromatic carbocycles. The molecule has 0 radical (unpaired) electrons. The number of carbonyl (C=O) groups is 1. The van der Waals surface area contributed by atoms with E-state index in [1.165, 1.54) is 7.11 Å². The third-order valence-corrected chi connectivity index (χ3v) is 6.15. The lowest BCUT2D eigenvalue weighted by atomic mass is 9.72. The van der Waals surface area contributed by atoms with Crippen LogP contribution in [0.2, 0.25) is 0 Å². The van der Waals surface area contributed by atoms with Crippen LogP contribution in [0, 0.1) is 0 Å². The molecule has 1 amide bonds. The predicted octanol–water partition coefficient (Wildman–Crippen LogP) is 1.73. The maximum absolute atomic E-state index is 12.9. The van der Waals surface area contributed by atoms with Crippen molar-refractivity contribution in [2.24, 2.45) is 10.1 Å². The molecule has 1 aliphatic rings. The quantitative estimate of drug-likeness (QED) is 0.518. The summed E-state index contributed by atoms with van der Waals surface area (Å²) < 4.78 is 31.8. The summed E-state index contributed by atoms with van der Waals surface area (Å²) in [6.45, 7) is 1.50. The van der Waals surface area contributed by atoms with Gasteiger partial charge in [-0.2, -0.15) is 0 Å². The van der Waals surface area contributed by atoms with Gasteiger partial charge in [-0.3, -0.25) is 4.79 Å². The van der Waals surface area contributed by atoms with Gasteiger partial charge in [-0.25, -0.2) is 8.42 Å². The van der Waals surface area contributed by atoms with E-state index in [4.69, 9.17) is 10.5 Å². The van der Waals surface area contributed by atoms with Gasteiger partial charge in [0, 0.05) is 25.0 Å². The minimum absolute atomic E-state index is 0.00205. The van der Waals surface area contributed by atoms with Gasteiger partial charge in [0.2, 0.25) is 5.96 Å². The van der Waals surface area contributed by atoms with E-state index in [0.717, 1.165) is 11.8 Å². The summed E-state index contributed by atoms with van der Waals surface area (Å²) in [7, 11) is -2.02. The van der Waals surface area contributed by atoms with Gasteiger partial charge in [-0.05, 0) is 30.5 Å². The maximum atomic E-state index is 12.9. The average Bonchev–Trinajstić information content (AvgIpc) is 2.77. The number of amides is 1. The first-order chi connectivity index (χ1) is 14.7.